The maximum Gasteiger partial charge on any atom is 0.202 e. The maximum absolute atomic E-state index is 5.45. The largest absolute Gasteiger partial charge is 0.497 e. The molecule has 5 rings (SSSR count). The Bertz CT molecular complexity index is 1050. The van der Waals surface area contributed by atoms with E-state index in [0.29, 0.717) is 11.2 Å². The van der Waals surface area contributed by atoms with E-state index in [-0.39, 0.29) is 0 Å². The van der Waals surface area contributed by atoms with Crippen molar-refractivity contribution in [3.05, 3.63) is 41.9 Å². The van der Waals surface area contributed by atoms with E-state index in [1.807, 2.05) is 24.6 Å². The second kappa shape index (κ2) is 7.74. The third-order valence-electron chi connectivity index (χ3n) is 6.49. The molecule has 0 radical (unpaired) electrons. The van der Waals surface area contributed by atoms with Gasteiger partial charge < -0.3 is 18.6 Å². The molecule has 158 valence electrons. The summed E-state index contributed by atoms with van der Waals surface area (Å²) in [6.07, 6.45) is 3.90. The van der Waals surface area contributed by atoms with Gasteiger partial charge in [0.25, 0.3) is 0 Å². The molecule has 2 aromatic heterocycles. The van der Waals surface area contributed by atoms with E-state index in [4.69, 9.17) is 9.15 Å². The Balaban J connectivity index is 1.13. The molecule has 30 heavy (non-hydrogen) atoms. The lowest BCUT2D eigenvalue weighted by molar-refractivity contribution is 0.299. The fourth-order valence-corrected chi connectivity index (χ4v) is 5.58. The Morgan fingerprint density at radius 1 is 1.33 bits per heavy atom. The Kier molecular flexibility index (Phi) is 5.06. The number of nitrogens with zero attached hydrogens (tertiary/aromatic N) is 5. The minimum atomic E-state index is 0.356. The van der Waals surface area contributed by atoms with Crippen molar-refractivity contribution < 1.29 is 9.15 Å². The number of aromatic nitrogens is 4. The smallest absolute Gasteiger partial charge is 0.202 e. The van der Waals surface area contributed by atoms with Crippen LogP contribution in [-0.2, 0) is 12.5 Å². The van der Waals surface area contributed by atoms with Crippen molar-refractivity contribution in [1.29, 1.82) is 0 Å². The summed E-state index contributed by atoms with van der Waals surface area (Å²) in [5.74, 6) is 4.20. The third kappa shape index (κ3) is 3.41. The topological polar surface area (TPSA) is 69.2 Å². The van der Waals surface area contributed by atoms with Gasteiger partial charge in [-0.2, -0.15) is 0 Å². The molecule has 1 saturated carbocycles. The lowest BCUT2D eigenvalue weighted by Crippen LogP contribution is -2.27. The molecule has 7 nitrogen and oxygen atoms in total. The van der Waals surface area contributed by atoms with Crippen molar-refractivity contribution in [2.24, 2.45) is 13.0 Å². The highest BCUT2D eigenvalue weighted by atomic mass is 32.2. The molecule has 2 aliphatic rings. The summed E-state index contributed by atoms with van der Waals surface area (Å²) >= 11 is 1.75. The molecule has 1 aliphatic carbocycles. The van der Waals surface area contributed by atoms with Gasteiger partial charge in [-0.1, -0.05) is 23.9 Å². The molecule has 3 aromatic rings. The van der Waals surface area contributed by atoms with Crippen LogP contribution in [0.4, 0.5) is 0 Å². The number of hydrogen-bond donors (Lipinski definition) is 0. The van der Waals surface area contributed by atoms with E-state index in [1.54, 1.807) is 18.9 Å². The third-order valence-corrected chi connectivity index (χ3v) is 7.60. The number of fused-ring (bicyclic) bond motifs is 1. The van der Waals surface area contributed by atoms with Gasteiger partial charge in [0.2, 0.25) is 5.82 Å². The standard InChI is InChI=1S/C22H27N5O2S/c1-15-19(29-14-23-15)20-24-25-21(26(20)2)30-9-5-8-27-12-17-11-22(17,13-27)16-6-4-7-18(10-16)28-3/h4,6-7,10,14,17H,5,8-9,11-13H2,1-3H3/t17-,22+/m0/s1. The highest BCUT2D eigenvalue weighted by Crippen LogP contribution is 2.59. The van der Waals surface area contributed by atoms with Crippen LogP contribution < -0.4 is 4.74 Å². The van der Waals surface area contributed by atoms with Crippen LogP contribution in [0.25, 0.3) is 11.6 Å². The highest BCUT2D eigenvalue weighted by Gasteiger charge is 2.60. The Hall–Kier alpha value is -2.32. The predicted molar refractivity (Wildman–Crippen MR) is 116 cm³/mol. The molecule has 1 aromatic carbocycles. The van der Waals surface area contributed by atoms with Crippen LogP contribution in [0.3, 0.4) is 0 Å². The van der Waals surface area contributed by atoms with Crippen LogP contribution in [0.1, 0.15) is 24.1 Å². The average molecular weight is 426 g/mol. The van der Waals surface area contributed by atoms with E-state index in [1.165, 1.54) is 24.9 Å². The van der Waals surface area contributed by atoms with Gasteiger partial charge in [0, 0.05) is 31.3 Å². The minimum Gasteiger partial charge on any atom is -0.497 e. The highest BCUT2D eigenvalue weighted by molar-refractivity contribution is 7.99. The van der Waals surface area contributed by atoms with Gasteiger partial charge in [-0.25, -0.2) is 4.98 Å². The molecule has 1 saturated heterocycles. The lowest BCUT2D eigenvalue weighted by Gasteiger charge is -2.21. The van der Waals surface area contributed by atoms with Crippen LogP contribution in [0, 0.1) is 12.8 Å². The number of benzene rings is 1. The molecule has 0 unspecified atom stereocenters. The summed E-state index contributed by atoms with van der Waals surface area (Å²) in [4.78, 5) is 6.76. The summed E-state index contributed by atoms with van der Waals surface area (Å²) in [5.41, 5.74) is 2.63. The molecule has 3 heterocycles. The molecule has 1 aliphatic heterocycles. The fourth-order valence-electron chi connectivity index (χ4n) is 4.74. The zero-order valence-electron chi connectivity index (χ0n) is 17.7. The number of thioether (sulfide) groups is 1. The van der Waals surface area contributed by atoms with Crippen LogP contribution >= 0.6 is 11.8 Å². The molecule has 0 bridgehead atoms. The predicted octanol–water partition coefficient (Wildman–Crippen LogP) is 3.54. The van der Waals surface area contributed by atoms with Gasteiger partial charge in [0.05, 0.1) is 12.8 Å². The number of hydrogen-bond acceptors (Lipinski definition) is 7. The van der Waals surface area contributed by atoms with Crippen molar-refractivity contribution in [3.8, 4) is 17.3 Å². The number of methoxy groups -OCH3 is 1. The number of piperidine rings is 1. The van der Waals surface area contributed by atoms with E-state index in [2.05, 4.69) is 38.3 Å². The number of likely N-dealkylation sites (tertiary alicyclic amines) is 1. The Labute approximate surface area is 180 Å². The quantitative estimate of drug-likeness (QED) is 0.404. The Morgan fingerprint density at radius 3 is 3.03 bits per heavy atom. The summed E-state index contributed by atoms with van der Waals surface area (Å²) in [6, 6.07) is 8.64. The normalized spacial score (nSPS) is 23.0. The van der Waals surface area contributed by atoms with Crippen molar-refractivity contribution in [1.82, 2.24) is 24.6 Å². The van der Waals surface area contributed by atoms with Gasteiger partial charge in [0.1, 0.15) is 5.75 Å². The molecule has 8 heteroatoms. The van der Waals surface area contributed by atoms with Crippen molar-refractivity contribution in [3.63, 3.8) is 0 Å². The molecular formula is C22H27N5O2S. The van der Waals surface area contributed by atoms with Crippen LogP contribution in [0.15, 0.2) is 40.2 Å². The molecule has 0 N–H and O–H groups in total. The molecule has 0 spiro atoms. The first-order valence-electron chi connectivity index (χ1n) is 10.4. The summed E-state index contributed by atoms with van der Waals surface area (Å²) in [7, 11) is 3.72. The number of rotatable bonds is 8. The number of oxazole rings is 1. The maximum atomic E-state index is 5.45. The minimum absolute atomic E-state index is 0.356. The fraction of sp³-hybridized carbons (Fsp3) is 0.500. The number of aryl methyl sites for hydroxylation is 1. The Morgan fingerprint density at radius 2 is 2.23 bits per heavy atom. The first-order chi connectivity index (χ1) is 14.6. The van der Waals surface area contributed by atoms with Crippen molar-refractivity contribution >= 4 is 11.8 Å². The van der Waals surface area contributed by atoms with Crippen LogP contribution in [-0.4, -0.2) is 57.1 Å². The number of ether oxygens (including phenoxy) is 1. The lowest BCUT2D eigenvalue weighted by atomic mass is 9.95. The van der Waals surface area contributed by atoms with Crippen LogP contribution in [0.2, 0.25) is 0 Å². The summed E-state index contributed by atoms with van der Waals surface area (Å²) < 4.78 is 12.9. The zero-order valence-corrected chi connectivity index (χ0v) is 18.5. The van der Waals surface area contributed by atoms with E-state index in [9.17, 15) is 0 Å². The zero-order chi connectivity index (χ0) is 20.7. The summed E-state index contributed by atoms with van der Waals surface area (Å²) in [6.45, 7) is 5.41. The van der Waals surface area contributed by atoms with Gasteiger partial charge in [0.15, 0.2) is 17.3 Å². The van der Waals surface area contributed by atoms with E-state index < -0.39 is 0 Å². The van der Waals surface area contributed by atoms with Gasteiger partial charge >= 0.3 is 0 Å². The second-order valence-electron chi connectivity index (χ2n) is 8.36. The van der Waals surface area contributed by atoms with E-state index in [0.717, 1.165) is 53.6 Å². The second-order valence-corrected chi connectivity index (χ2v) is 9.42. The molecular weight excluding hydrogens is 398 g/mol. The van der Waals surface area contributed by atoms with Crippen LogP contribution in [0.5, 0.6) is 5.75 Å². The van der Waals surface area contributed by atoms with Gasteiger partial charge in [-0.15, -0.1) is 10.2 Å². The van der Waals surface area contributed by atoms with Crippen molar-refractivity contribution in [2.45, 2.75) is 30.3 Å². The van der Waals surface area contributed by atoms with E-state index >= 15 is 0 Å². The molecule has 0 amide bonds. The molecule has 2 fully saturated rings. The summed E-state index contributed by atoms with van der Waals surface area (Å²) in [5, 5.41) is 9.53. The monoisotopic (exact) mass is 425 g/mol. The van der Waals surface area contributed by atoms with Crippen molar-refractivity contribution in [2.75, 3.05) is 32.5 Å². The first kappa shape index (κ1) is 19.6. The first-order valence-corrected chi connectivity index (χ1v) is 11.4. The average Bonchev–Trinajstić information content (AvgIpc) is 3.05. The SMILES string of the molecule is COc1cccc([C@]23C[C@H]2CN(CCCSc2nnc(-c4ocnc4C)n2C)C3)c1. The molecule has 2 atom stereocenters. The van der Waals surface area contributed by atoms with Gasteiger partial charge in [-0.05, 0) is 49.9 Å². The van der Waals surface area contributed by atoms with Gasteiger partial charge in [-0.3, -0.25) is 0 Å².